The number of hydrogen-bond donors (Lipinski definition) is 2. The van der Waals surface area contributed by atoms with Crippen molar-refractivity contribution in [1.29, 1.82) is 0 Å². The molecule has 32 heavy (non-hydrogen) atoms. The number of fused-ring (bicyclic) bond motifs is 1. The summed E-state index contributed by atoms with van der Waals surface area (Å²) in [5.74, 6) is -1.09. The summed E-state index contributed by atoms with van der Waals surface area (Å²) in [6.07, 6.45) is 0. The molecule has 162 valence electrons. The summed E-state index contributed by atoms with van der Waals surface area (Å²) in [6, 6.07) is 18.5. The van der Waals surface area contributed by atoms with Gasteiger partial charge < -0.3 is 19.9 Å². The van der Waals surface area contributed by atoms with Gasteiger partial charge in [0.2, 0.25) is 0 Å². The lowest BCUT2D eigenvalue weighted by molar-refractivity contribution is 0.0684. The number of methoxy groups -OCH3 is 2. The lowest BCUT2D eigenvalue weighted by Gasteiger charge is -2.17. The van der Waals surface area contributed by atoms with E-state index in [1.807, 2.05) is 42.5 Å². The molecule has 0 aliphatic carbocycles. The Balaban J connectivity index is 2.21. The quantitative estimate of drug-likeness (QED) is 0.482. The van der Waals surface area contributed by atoms with Gasteiger partial charge in [0.05, 0.1) is 31.2 Å². The predicted octanol–water partition coefficient (Wildman–Crippen LogP) is 3.77. The van der Waals surface area contributed by atoms with Gasteiger partial charge in [0.25, 0.3) is 5.91 Å². The van der Waals surface area contributed by atoms with E-state index >= 15 is 0 Å². The summed E-state index contributed by atoms with van der Waals surface area (Å²) in [4.78, 5) is 25.1. The number of carboxylic acid groups (broad SMARTS) is 1. The van der Waals surface area contributed by atoms with Crippen LogP contribution in [-0.2, 0) is 0 Å². The lowest BCUT2D eigenvalue weighted by atomic mass is 10.0. The fourth-order valence-electron chi connectivity index (χ4n) is 3.79. The van der Waals surface area contributed by atoms with Crippen LogP contribution in [0.3, 0.4) is 0 Å². The molecule has 0 atom stereocenters. The van der Waals surface area contributed by atoms with Crippen molar-refractivity contribution >= 4 is 22.6 Å². The van der Waals surface area contributed by atoms with Crippen LogP contribution in [0.2, 0.25) is 0 Å². The van der Waals surface area contributed by atoms with Crippen molar-refractivity contribution in [2.75, 3.05) is 21.3 Å². The molecule has 0 unspecified atom stereocenters. The highest BCUT2D eigenvalue weighted by molar-refractivity contribution is 6.09. The Kier molecular flexibility index (Phi) is 5.51. The van der Waals surface area contributed by atoms with Crippen molar-refractivity contribution in [3.8, 4) is 28.4 Å². The topological polar surface area (TPSA) is 103 Å². The maximum absolute atomic E-state index is 12.9. The van der Waals surface area contributed by atoms with Gasteiger partial charge in [0.15, 0.2) is 5.69 Å². The van der Waals surface area contributed by atoms with E-state index in [2.05, 4.69) is 10.4 Å². The number of amides is 1. The van der Waals surface area contributed by atoms with Gasteiger partial charge in [-0.3, -0.25) is 4.79 Å². The largest absolute Gasteiger partial charge is 0.496 e. The first-order valence-corrected chi connectivity index (χ1v) is 9.79. The summed E-state index contributed by atoms with van der Waals surface area (Å²) >= 11 is 0. The third kappa shape index (κ3) is 3.31. The van der Waals surface area contributed by atoms with E-state index in [0.29, 0.717) is 22.7 Å². The van der Waals surface area contributed by atoms with E-state index in [1.54, 1.807) is 18.2 Å². The van der Waals surface area contributed by atoms with Gasteiger partial charge in [-0.25, -0.2) is 9.48 Å². The maximum atomic E-state index is 12.9. The van der Waals surface area contributed by atoms with Gasteiger partial charge in [-0.05, 0) is 23.6 Å². The van der Waals surface area contributed by atoms with Gasteiger partial charge in [-0.1, -0.05) is 42.5 Å². The number of ether oxygens (including phenoxy) is 2. The number of aromatic nitrogens is 2. The molecular formula is C24H21N3O5. The molecule has 1 heterocycles. The maximum Gasteiger partial charge on any atom is 0.357 e. The second kappa shape index (κ2) is 8.43. The minimum Gasteiger partial charge on any atom is -0.496 e. The van der Waals surface area contributed by atoms with Crippen molar-refractivity contribution < 1.29 is 24.2 Å². The molecule has 8 nitrogen and oxygen atoms in total. The number of carbonyl (C=O) groups is 2. The summed E-state index contributed by atoms with van der Waals surface area (Å²) in [5, 5.41) is 18.6. The van der Waals surface area contributed by atoms with Crippen LogP contribution in [-0.4, -0.2) is 48.0 Å². The van der Waals surface area contributed by atoms with Crippen molar-refractivity contribution in [3.05, 3.63) is 71.9 Å². The zero-order chi connectivity index (χ0) is 22.8. The number of aromatic carboxylic acids is 1. The number of rotatable bonds is 6. The Labute approximate surface area is 184 Å². The Bertz CT molecular complexity index is 1320. The van der Waals surface area contributed by atoms with Crippen molar-refractivity contribution in [2.45, 2.75) is 0 Å². The Morgan fingerprint density at radius 3 is 2.19 bits per heavy atom. The summed E-state index contributed by atoms with van der Waals surface area (Å²) in [5.41, 5.74) is 0.830. The van der Waals surface area contributed by atoms with Crippen LogP contribution in [0.4, 0.5) is 0 Å². The molecule has 8 heteroatoms. The number of nitrogens with one attached hydrogen (secondary N) is 1. The van der Waals surface area contributed by atoms with Crippen molar-refractivity contribution in [2.24, 2.45) is 0 Å². The number of benzene rings is 3. The van der Waals surface area contributed by atoms with Gasteiger partial charge in [-0.2, -0.15) is 5.10 Å². The smallest absolute Gasteiger partial charge is 0.357 e. The zero-order valence-electron chi connectivity index (χ0n) is 17.7. The van der Waals surface area contributed by atoms with E-state index in [9.17, 15) is 14.7 Å². The van der Waals surface area contributed by atoms with Gasteiger partial charge >= 0.3 is 5.97 Å². The zero-order valence-corrected chi connectivity index (χ0v) is 17.7. The number of carbonyl (C=O) groups excluding carboxylic acids is 1. The molecule has 0 spiro atoms. The SMILES string of the molecule is CNC(=O)c1c(C(=O)O)nn(-c2cccc3ccccc23)c1-c1c(OC)cccc1OC. The van der Waals surface area contributed by atoms with Gasteiger partial charge in [0.1, 0.15) is 17.1 Å². The van der Waals surface area contributed by atoms with Gasteiger partial charge in [0, 0.05) is 12.4 Å². The van der Waals surface area contributed by atoms with E-state index in [1.165, 1.54) is 25.9 Å². The summed E-state index contributed by atoms with van der Waals surface area (Å²) in [6.45, 7) is 0. The molecule has 0 fully saturated rings. The molecule has 0 saturated carbocycles. The molecule has 0 bridgehead atoms. The fourth-order valence-corrected chi connectivity index (χ4v) is 3.79. The van der Waals surface area contributed by atoms with E-state index < -0.39 is 11.9 Å². The Morgan fingerprint density at radius 1 is 0.938 bits per heavy atom. The van der Waals surface area contributed by atoms with E-state index in [-0.39, 0.29) is 17.0 Å². The average Bonchev–Trinajstić information content (AvgIpc) is 3.22. The molecule has 0 aliphatic rings. The van der Waals surface area contributed by atoms with Crippen LogP contribution < -0.4 is 14.8 Å². The second-order valence-corrected chi connectivity index (χ2v) is 6.90. The molecule has 0 aliphatic heterocycles. The highest BCUT2D eigenvalue weighted by atomic mass is 16.5. The van der Waals surface area contributed by atoms with Gasteiger partial charge in [-0.15, -0.1) is 0 Å². The molecule has 1 aromatic heterocycles. The molecule has 1 amide bonds. The van der Waals surface area contributed by atoms with Crippen LogP contribution >= 0.6 is 0 Å². The third-order valence-electron chi connectivity index (χ3n) is 5.20. The minimum absolute atomic E-state index is 0.0873. The highest BCUT2D eigenvalue weighted by Gasteiger charge is 2.32. The molecule has 3 aromatic carbocycles. The van der Waals surface area contributed by atoms with Crippen molar-refractivity contribution in [1.82, 2.24) is 15.1 Å². The lowest BCUT2D eigenvalue weighted by Crippen LogP contribution is -2.21. The number of nitrogens with zero attached hydrogens (tertiary/aromatic N) is 2. The van der Waals surface area contributed by atoms with Crippen LogP contribution in [0.1, 0.15) is 20.8 Å². The normalized spacial score (nSPS) is 10.7. The summed E-state index contributed by atoms with van der Waals surface area (Å²) < 4.78 is 12.6. The fraction of sp³-hybridized carbons (Fsp3) is 0.125. The number of carboxylic acids is 1. The molecular weight excluding hydrogens is 410 g/mol. The third-order valence-corrected chi connectivity index (χ3v) is 5.20. The first-order chi connectivity index (χ1) is 15.5. The number of hydrogen-bond acceptors (Lipinski definition) is 5. The first-order valence-electron chi connectivity index (χ1n) is 9.79. The average molecular weight is 431 g/mol. The highest BCUT2D eigenvalue weighted by Crippen LogP contribution is 2.42. The Morgan fingerprint density at radius 2 is 1.56 bits per heavy atom. The molecule has 0 saturated heterocycles. The first kappa shape index (κ1) is 20.9. The molecule has 2 N–H and O–H groups in total. The van der Waals surface area contributed by atoms with Crippen LogP contribution in [0.25, 0.3) is 27.7 Å². The van der Waals surface area contributed by atoms with Crippen LogP contribution in [0, 0.1) is 0 Å². The molecule has 4 rings (SSSR count). The Hall–Kier alpha value is -4.33. The molecule has 0 radical (unpaired) electrons. The second-order valence-electron chi connectivity index (χ2n) is 6.90. The monoisotopic (exact) mass is 431 g/mol. The standard InChI is InChI=1S/C24H21N3O5/c1-25-23(28)20-21(24(29)30)26-27(16-11-6-9-14-8-4-5-10-15(14)16)22(20)19-17(31-2)12-7-13-18(19)32-3/h4-13H,1-3H3,(H,25,28)(H,29,30). The van der Waals surface area contributed by atoms with E-state index in [4.69, 9.17) is 9.47 Å². The van der Waals surface area contributed by atoms with Crippen molar-refractivity contribution in [3.63, 3.8) is 0 Å². The van der Waals surface area contributed by atoms with Crippen LogP contribution in [0.15, 0.2) is 60.7 Å². The summed E-state index contributed by atoms with van der Waals surface area (Å²) in [7, 11) is 4.43. The minimum atomic E-state index is -1.32. The predicted molar refractivity (Wildman–Crippen MR) is 120 cm³/mol. The van der Waals surface area contributed by atoms with E-state index in [0.717, 1.165) is 10.8 Å². The van der Waals surface area contributed by atoms with Crippen LogP contribution in [0.5, 0.6) is 11.5 Å². The molecule has 4 aromatic rings.